The molecule has 0 spiro atoms. The predicted molar refractivity (Wildman–Crippen MR) is 75.5 cm³/mol. The van der Waals surface area contributed by atoms with Gasteiger partial charge in [-0.25, -0.2) is 4.79 Å². The lowest BCUT2D eigenvalue weighted by Gasteiger charge is -2.50. The lowest BCUT2D eigenvalue weighted by Crippen LogP contribution is -2.64. The average Bonchev–Trinajstić information content (AvgIpc) is 2.26. The Labute approximate surface area is 117 Å². The van der Waals surface area contributed by atoms with Crippen LogP contribution in [-0.2, 0) is 9.53 Å². The minimum Gasteiger partial charge on any atom is -0.452 e. The smallest absolute Gasteiger partial charge is 0.365 e. The van der Waals surface area contributed by atoms with E-state index in [9.17, 15) is 4.79 Å². The summed E-state index contributed by atoms with van der Waals surface area (Å²) in [6, 6.07) is 0.0856. The molecular formula is C15H30N2O2+2. The molecule has 0 amide bonds. The Morgan fingerprint density at radius 2 is 1.89 bits per heavy atom. The molecule has 0 aromatic carbocycles. The van der Waals surface area contributed by atoms with Crippen molar-refractivity contribution in [2.75, 3.05) is 47.8 Å². The van der Waals surface area contributed by atoms with Crippen LogP contribution in [0.3, 0.4) is 0 Å². The summed E-state index contributed by atoms with van der Waals surface area (Å²) in [5.74, 6) is 0.791. The highest BCUT2D eigenvalue weighted by atomic mass is 16.5. The zero-order valence-corrected chi connectivity index (χ0v) is 13.2. The molecule has 4 heteroatoms. The van der Waals surface area contributed by atoms with Crippen LogP contribution in [0, 0.1) is 5.92 Å². The minimum absolute atomic E-state index is 0.000697. The van der Waals surface area contributed by atoms with Gasteiger partial charge in [-0.15, -0.1) is 0 Å². The number of likely N-dealkylation sites (N-methyl/N-ethyl adjacent to an activating group) is 2. The van der Waals surface area contributed by atoms with E-state index < -0.39 is 0 Å². The molecule has 3 rings (SSSR count). The van der Waals surface area contributed by atoms with Gasteiger partial charge >= 0.3 is 5.97 Å². The van der Waals surface area contributed by atoms with E-state index in [1.54, 1.807) is 0 Å². The highest BCUT2D eigenvalue weighted by molar-refractivity contribution is 5.75. The van der Waals surface area contributed by atoms with Crippen LogP contribution in [0.2, 0.25) is 0 Å². The van der Waals surface area contributed by atoms with E-state index in [4.69, 9.17) is 4.74 Å². The van der Waals surface area contributed by atoms with Gasteiger partial charge in [0.1, 0.15) is 12.6 Å². The third-order valence-electron chi connectivity index (χ3n) is 4.80. The van der Waals surface area contributed by atoms with Gasteiger partial charge in [-0.2, -0.15) is 0 Å². The first kappa shape index (κ1) is 14.8. The Hall–Kier alpha value is -0.610. The molecule has 3 heterocycles. The van der Waals surface area contributed by atoms with Crippen molar-refractivity contribution in [1.82, 2.24) is 0 Å². The summed E-state index contributed by atoms with van der Waals surface area (Å²) < 4.78 is 7.45. The molecule has 3 saturated heterocycles. The van der Waals surface area contributed by atoms with Crippen LogP contribution in [-0.4, -0.2) is 74.9 Å². The number of rotatable bonds is 4. The SMILES string of the molecule is CC(C[N+](C)(C)C)OC(=O)C1CC2CC[N+]1(C)CC2. The molecule has 3 fully saturated rings. The zero-order valence-electron chi connectivity index (χ0n) is 13.2. The Kier molecular flexibility index (Phi) is 3.94. The number of ether oxygens (including phenoxy) is 1. The topological polar surface area (TPSA) is 26.3 Å². The van der Waals surface area contributed by atoms with Crippen molar-refractivity contribution in [2.45, 2.75) is 38.3 Å². The second kappa shape index (κ2) is 5.06. The van der Waals surface area contributed by atoms with Gasteiger partial charge in [-0.3, -0.25) is 0 Å². The second-order valence-corrected chi connectivity index (χ2v) is 7.84. The maximum absolute atomic E-state index is 12.4. The number of hydrogen-bond acceptors (Lipinski definition) is 2. The number of carbonyl (C=O) groups is 1. The molecular weight excluding hydrogens is 240 g/mol. The summed E-state index contributed by atoms with van der Waals surface area (Å²) in [5, 5.41) is 0. The molecule has 0 aromatic heterocycles. The first-order valence-electron chi connectivity index (χ1n) is 7.55. The molecule has 0 saturated carbocycles. The molecule has 3 aliphatic heterocycles. The molecule has 110 valence electrons. The van der Waals surface area contributed by atoms with Gasteiger partial charge in [0, 0.05) is 6.42 Å². The van der Waals surface area contributed by atoms with Gasteiger partial charge in [0.2, 0.25) is 0 Å². The summed E-state index contributed by atoms with van der Waals surface area (Å²) in [5.41, 5.74) is 0. The van der Waals surface area contributed by atoms with Gasteiger partial charge in [-0.05, 0) is 25.7 Å². The average molecular weight is 270 g/mol. The van der Waals surface area contributed by atoms with E-state index in [0.717, 1.165) is 40.9 Å². The Morgan fingerprint density at radius 1 is 1.32 bits per heavy atom. The molecule has 0 N–H and O–H groups in total. The van der Waals surface area contributed by atoms with Crippen molar-refractivity contribution in [3.63, 3.8) is 0 Å². The Balaban J connectivity index is 1.93. The quantitative estimate of drug-likeness (QED) is 0.568. The van der Waals surface area contributed by atoms with Crippen LogP contribution in [0.25, 0.3) is 0 Å². The van der Waals surface area contributed by atoms with Crippen molar-refractivity contribution < 1.29 is 18.5 Å². The normalized spacial score (nSPS) is 36.1. The van der Waals surface area contributed by atoms with Crippen LogP contribution >= 0.6 is 0 Å². The molecule has 2 unspecified atom stereocenters. The Morgan fingerprint density at radius 3 is 2.37 bits per heavy atom. The standard InChI is InChI=1S/C15H30N2O2/c1-12(11-16(2,3)4)19-15(18)14-10-13-6-8-17(14,5)9-7-13/h12-14H,6-11H2,1-5H3/q+2. The van der Waals surface area contributed by atoms with Gasteiger partial charge in [-0.1, -0.05) is 0 Å². The van der Waals surface area contributed by atoms with Crippen molar-refractivity contribution >= 4 is 5.97 Å². The first-order chi connectivity index (χ1) is 8.70. The summed E-state index contributed by atoms with van der Waals surface area (Å²) in [6.45, 7) is 5.17. The van der Waals surface area contributed by atoms with Crippen LogP contribution < -0.4 is 0 Å². The number of esters is 1. The van der Waals surface area contributed by atoms with E-state index in [1.165, 1.54) is 12.8 Å². The lowest BCUT2D eigenvalue weighted by atomic mass is 9.81. The molecule has 2 atom stereocenters. The van der Waals surface area contributed by atoms with Crippen LogP contribution in [0.1, 0.15) is 26.2 Å². The maximum atomic E-state index is 12.4. The van der Waals surface area contributed by atoms with E-state index >= 15 is 0 Å². The molecule has 0 aliphatic carbocycles. The highest BCUT2D eigenvalue weighted by Crippen LogP contribution is 2.37. The molecule has 2 bridgehead atoms. The highest BCUT2D eigenvalue weighted by Gasteiger charge is 2.49. The van der Waals surface area contributed by atoms with Gasteiger partial charge in [0.05, 0.1) is 41.3 Å². The van der Waals surface area contributed by atoms with Crippen molar-refractivity contribution in [1.29, 1.82) is 0 Å². The molecule has 19 heavy (non-hydrogen) atoms. The van der Waals surface area contributed by atoms with Gasteiger partial charge in [0.15, 0.2) is 6.04 Å². The van der Waals surface area contributed by atoms with Crippen molar-refractivity contribution in [3.8, 4) is 0 Å². The first-order valence-corrected chi connectivity index (χ1v) is 7.55. The van der Waals surface area contributed by atoms with Crippen molar-refractivity contribution in [3.05, 3.63) is 0 Å². The van der Waals surface area contributed by atoms with E-state index in [-0.39, 0.29) is 18.1 Å². The Bertz CT molecular complexity index is 341. The largest absolute Gasteiger partial charge is 0.452 e. The number of nitrogens with zero attached hydrogens (tertiary/aromatic N) is 2. The summed E-state index contributed by atoms with van der Waals surface area (Å²) >= 11 is 0. The monoisotopic (exact) mass is 270 g/mol. The summed E-state index contributed by atoms with van der Waals surface area (Å²) in [6.07, 6.45) is 3.61. The fourth-order valence-corrected chi connectivity index (χ4v) is 3.76. The molecule has 3 aliphatic rings. The molecule has 4 nitrogen and oxygen atoms in total. The maximum Gasteiger partial charge on any atom is 0.365 e. The van der Waals surface area contributed by atoms with Gasteiger partial charge < -0.3 is 13.7 Å². The third-order valence-corrected chi connectivity index (χ3v) is 4.80. The predicted octanol–water partition coefficient (Wildman–Crippen LogP) is 1.25. The zero-order chi connectivity index (χ0) is 14.3. The summed E-state index contributed by atoms with van der Waals surface area (Å²) in [7, 11) is 8.62. The second-order valence-electron chi connectivity index (χ2n) is 7.84. The number of carbonyl (C=O) groups excluding carboxylic acids is 1. The van der Waals surface area contributed by atoms with Crippen LogP contribution in [0.5, 0.6) is 0 Å². The van der Waals surface area contributed by atoms with E-state index in [2.05, 4.69) is 28.2 Å². The number of piperidine rings is 3. The van der Waals surface area contributed by atoms with Crippen LogP contribution in [0.4, 0.5) is 0 Å². The molecule has 0 radical (unpaired) electrons. The number of fused-ring (bicyclic) bond motifs is 3. The summed E-state index contributed by atoms with van der Waals surface area (Å²) in [4.78, 5) is 12.4. The fourth-order valence-electron chi connectivity index (χ4n) is 3.76. The molecule has 0 aromatic rings. The minimum atomic E-state index is 0.000697. The lowest BCUT2D eigenvalue weighted by molar-refractivity contribution is -0.940. The van der Waals surface area contributed by atoms with Crippen LogP contribution in [0.15, 0.2) is 0 Å². The number of quaternary nitrogens is 2. The number of hydrogen-bond donors (Lipinski definition) is 0. The fraction of sp³-hybridized carbons (Fsp3) is 0.933. The van der Waals surface area contributed by atoms with E-state index in [0.29, 0.717) is 0 Å². The van der Waals surface area contributed by atoms with Crippen molar-refractivity contribution in [2.24, 2.45) is 5.92 Å². The third kappa shape index (κ3) is 3.48. The van der Waals surface area contributed by atoms with E-state index in [1.807, 2.05) is 6.92 Å². The van der Waals surface area contributed by atoms with Gasteiger partial charge in [0.25, 0.3) is 0 Å².